The summed E-state index contributed by atoms with van der Waals surface area (Å²) in [4.78, 5) is 2.58. The highest BCUT2D eigenvalue weighted by Gasteiger charge is 2.25. The molecule has 0 atom stereocenters. The maximum absolute atomic E-state index is 3.39. The fourth-order valence-electron chi connectivity index (χ4n) is 1.63. The summed E-state index contributed by atoms with van der Waals surface area (Å²) in [5.41, 5.74) is 0.456. The number of piperazine rings is 1. The van der Waals surface area contributed by atoms with Crippen molar-refractivity contribution in [3.05, 3.63) is 0 Å². The highest BCUT2D eigenvalue weighted by Crippen LogP contribution is 2.27. The second kappa shape index (κ2) is 4.43. The molecule has 0 aromatic rings. The van der Waals surface area contributed by atoms with Crippen LogP contribution in [0, 0.1) is 11.3 Å². The van der Waals surface area contributed by atoms with Gasteiger partial charge in [0.05, 0.1) is 0 Å². The zero-order chi connectivity index (χ0) is 9.90. The predicted octanol–water partition coefficient (Wildman–Crippen LogP) is 1.57. The van der Waals surface area contributed by atoms with E-state index in [-0.39, 0.29) is 0 Å². The second-order valence-corrected chi connectivity index (χ2v) is 5.17. The SMILES string of the molecule is CC(C)C(C)(C)CN1CCNCC1. The van der Waals surface area contributed by atoms with Gasteiger partial charge in [-0.3, -0.25) is 0 Å². The van der Waals surface area contributed by atoms with Crippen molar-refractivity contribution in [1.29, 1.82) is 0 Å². The number of nitrogens with one attached hydrogen (secondary N) is 1. The van der Waals surface area contributed by atoms with Gasteiger partial charge in [0.2, 0.25) is 0 Å². The Balaban J connectivity index is 2.37. The molecule has 0 saturated carbocycles. The molecule has 1 fully saturated rings. The minimum Gasteiger partial charge on any atom is -0.314 e. The zero-order valence-corrected chi connectivity index (χ0v) is 9.56. The summed E-state index contributed by atoms with van der Waals surface area (Å²) in [6, 6.07) is 0. The minimum absolute atomic E-state index is 0.456. The van der Waals surface area contributed by atoms with Gasteiger partial charge in [-0.1, -0.05) is 27.7 Å². The number of rotatable bonds is 3. The van der Waals surface area contributed by atoms with Crippen molar-refractivity contribution in [2.24, 2.45) is 11.3 Å². The first-order valence-electron chi connectivity index (χ1n) is 5.45. The summed E-state index contributed by atoms with van der Waals surface area (Å²) < 4.78 is 0. The summed E-state index contributed by atoms with van der Waals surface area (Å²) >= 11 is 0. The Morgan fingerprint density at radius 3 is 2.23 bits per heavy atom. The van der Waals surface area contributed by atoms with E-state index in [4.69, 9.17) is 0 Å². The molecule has 78 valence electrons. The molecule has 2 nitrogen and oxygen atoms in total. The Bertz CT molecular complexity index is 146. The Labute approximate surface area is 82.7 Å². The van der Waals surface area contributed by atoms with Crippen LogP contribution in [-0.4, -0.2) is 37.6 Å². The lowest BCUT2D eigenvalue weighted by Gasteiger charge is -2.37. The lowest BCUT2D eigenvalue weighted by Crippen LogP contribution is -2.47. The predicted molar refractivity (Wildman–Crippen MR) is 57.9 cm³/mol. The molecule has 1 saturated heterocycles. The van der Waals surface area contributed by atoms with Crippen molar-refractivity contribution in [3.8, 4) is 0 Å². The molecule has 0 bridgehead atoms. The maximum atomic E-state index is 3.39. The largest absolute Gasteiger partial charge is 0.314 e. The molecular weight excluding hydrogens is 160 g/mol. The normalized spacial score (nSPS) is 21.0. The van der Waals surface area contributed by atoms with Crippen LogP contribution in [0.2, 0.25) is 0 Å². The molecule has 0 radical (unpaired) electrons. The molecule has 1 heterocycles. The average Bonchev–Trinajstić information content (AvgIpc) is 2.05. The van der Waals surface area contributed by atoms with E-state index in [0.717, 1.165) is 19.0 Å². The molecule has 1 rings (SSSR count). The van der Waals surface area contributed by atoms with Crippen LogP contribution in [0.3, 0.4) is 0 Å². The highest BCUT2D eigenvalue weighted by molar-refractivity contribution is 4.79. The van der Waals surface area contributed by atoms with Crippen molar-refractivity contribution in [2.75, 3.05) is 32.7 Å². The van der Waals surface area contributed by atoms with Crippen LogP contribution in [0.15, 0.2) is 0 Å². The van der Waals surface area contributed by atoms with Crippen LogP contribution < -0.4 is 5.32 Å². The van der Waals surface area contributed by atoms with Gasteiger partial charge in [0.25, 0.3) is 0 Å². The molecule has 0 amide bonds. The molecule has 0 spiro atoms. The van der Waals surface area contributed by atoms with Crippen LogP contribution >= 0.6 is 0 Å². The van der Waals surface area contributed by atoms with Crippen molar-refractivity contribution < 1.29 is 0 Å². The average molecular weight is 184 g/mol. The summed E-state index contributed by atoms with van der Waals surface area (Å²) in [5, 5.41) is 3.39. The van der Waals surface area contributed by atoms with Gasteiger partial charge in [0.15, 0.2) is 0 Å². The molecule has 0 aliphatic carbocycles. The quantitative estimate of drug-likeness (QED) is 0.716. The van der Waals surface area contributed by atoms with Gasteiger partial charge < -0.3 is 10.2 Å². The molecule has 0 aromatic carbocycles. The highest BCUT2D eigenvalue weighted by atomic mass is 15.2. The van der Waals surface area contributed by atoms with Gasteiger partial charge in [-0.15, -0.1) is 0 Å². The molecule has 0 unspecified atom stereocenters. The third-order valence-electron chi connectivity index (χ3n) is 3.40. The first-order valence-corrected chi connectivity index (χ1v) is 5.45. The van der Waals surface area contributed by atoms with Gasteiger partial charge in [-0.05, 0) is 11.3 Å². The second-order valence-electron chi connectivity index (χ2n) is 5.17. The van der Waals surface area contributed by atoms with Crippen molar-refractivity contribution in [3.63, 3.8) is 0 Å². The fourth-order valence-corrected chi connectivity index (χ4v) is 1.63. The fraction of sp³-hybridized carbons (Fsp3) is 1.00. The van der Waals surface area contributed by atoms with E-state index in [2.05, 4.69) is 37.9 Å². The summed E-state index contributed by atoms with van der Waals surface area (Å²) in [5.74, 6) is 0.766. The van der Waals surface area contributed by atoms with Crippen LogP contribution in [-0.2, 0) is 0 Å². The Morgan fingerprint density at radius 2 is 1.77 bits per heavy atom. The third kappa shape index (κ3) is 3.28. The Kier molecular flexibility index (Phi) is 3.74. The zero-order valence-electron chi connectivity index (χ0n) is 9.56. The third-order valence-corrected chi connectivity index (χ3v) is 3.40. The molecular formula is C11H24N2. The smallest absolute Gasteiger partial charge is 0.0108 e. The van der Waals surface area contributed by atoms with E-state index in [1.54, 1.807) is 0 Å². The summed E-state index contributed by atoms with van der Waals surface area (Å²) in [6.45, 7) is 15.4. The van der Waals surface area contributed by atoms with E-state index in [0.29, 0.717) is 5.41 Å². The van der Waals surface area contributed by atoms with E-state index >= 15 is 0 Å². The number of hydrogen-bond donors (Lipinski definition) is 1. The van der Waals surface area contributed by atoms with Crippen LogP contribution in [0.5, 0.6) is 0 Å². The minimum atomic E-state index is 0.456. The van der Waals surface area contributed by atoms with E-state index in [9.17, 15) is 0 Å². The van der Waals surface area contributed by atoms with Gasteiger partial charge in [0.1, 0.15) is 0 Å². The molecule has 1 aliphatic heterocycles. The van der Waals surface area contributed by atoms with Crippen molar-refractivity contribution in [2.45, 2.75) is 27.7 Å². The van der Waals surface area contributed by atoms with Crippen LogP contribution in [0.25, 0.3) is 0 Å². The standard InChI is InChI=1S/C11H24N2/c1-10(2)11(3,4)9-13-7-5-12-6-8-13/h10,12H,5-9H2,1-4H3. The Hall–Kier alpha value is -0.0800. The monoisotopic (exact) mass is 184 g/mol. The van der Waals surface area contributed by atoms with Gasteiger partial charge in [-0.2, -0.15) is 0 Å². The van der Waals surface area contributed by atoms with E-state index in [1.807, 2.05) is 0 Å². The van der Waals surface area contributed by atoms with Crippen molar-refractivity contribution >= 4 is 0 Å². The van der Waals surface area contributed by atoms with Crippen LogP contribution in [0.4, 0.5) is 0 Å². The van der Waals surface area contributed by atoms with Gasteiger partial charge >= 0.3 is 0 Å². The number of nitrogens with zero attached hydrogens (tertiary/aromatic N) is 1. The molecule has 1 N–H and O–H groups in total. The molecule has 1 aliphatic rings. The van der Waals surface area contributed by atoms with E-state index < -0.39 is 0 Å². The van der Waals surface area contributed by atoms with Gasteiger partial charge in [-0.25, -0.2) is 0 Å². The topological polar surface area (TPSA) is 15.3 Å². The molecule has 0 aromatic heterocycles. The molecule has 2 heteroatoms. The Morgan fingerprint density at radius 1 is 1.23 bits per heavy atom. The maximum Gasteiger partial charge on any atom is 0.0108 e. The number of hydrogen-bond acceptors (Lipinski definition) is 2. The lowest BCUT2D eigenvalue weighted by molar-refractivity contribution is 0.123. The van der Waals surface area contributed by atoms with E-state index in [1.165, 1.54) is 19.6 Å². The van der Waals surface area contributed by atoms with Crippen molar-refractivity contribution in [1.82, 2.24) is 10.2 Å². The van der Waals surface area contributed by atoms with Crippen LogP contribution in [0.1, 0.15) is 27.7 Å². The molecule has 13 heavy (non-hydrogen) atoms. The first kappa shape index (κ1) is 11.0. The summed E-state index contributed by atoms with van der Waals surface area (Å²) in [7, 11) is 0. The lowest BCUT2D eigenvalue weighted by atomic mass is 9.80. The summed E-state index contributed by atoms with van der Waals surface area (Å²) in [6.07, 6.45) is 0. The van der Waals surface area contributed by atoms with Gasteiger partial charge in [0, 0.05) is 32.7 Å². The first-order chi connectivity index (χ1) is 6.02.